The zero-order chi connectivity index (χ0) is 30.3. The molecule has 0 aromatic heterocycles. The van der Waals surface area contributed by atoms with Gasteiger partial charge in [-0.25, -0.2) is 8.42 Å². The summed E-state index contributed by atoms with van der Waals surface area (Å²) in [4.78, 5) is 28.9. The van der Waals surface area contributed by atoms with E-state index in [2.05, 4.69) is 5.32 Å². The third-order valence-corrected chi connectivity index (χ3v) is 8.93. The number of benzene rings is 3. The van der Waals surface area contributed by atoms with Crippen LogP contribution in [-0.2, 0) is 26.2 Å². The average Bonchev–Trinajstić information content (AvgIpc) is 2.93. The zero-order valence-electron chi connectivity index (χ0n) is 24.0. The molecule has 3 rings (SSSR count). The summed E-state index contributed by atoms with van der Waals surface area (Å²) >= 11 is 12.4. The fraction of sp³-hybridized carbons (Fsp3) is 0.355. The number of nitrogens with one attached hydrogen (secondary N) is 1. The van der Waals surface area contributed by atoms with E-state index < -0.39 is 28.5 Å². The number of carbonyl (C=O) groups is 2. The lowest BCUT2D eigenvalue weighted by molar-refractivity contribution is -0.140. The number of aryl methyl sites for hydroxylation is 2. The Morgan fingerprint density at radius 2 is 1.51 bits per heavy atom. The highest BCUT2D eigenvalue weighted by Crippen LogP contribution is 2.30. The van der Waals surface area contributed by atoms with Gasteiger partial charge in [0.25, 0.3) is 10.0 Å². The van der Waals surface area contributed by atoms with Crippen LogP contribution in [0.4, 0.5) is 5.69 Å². The van der Waals surface area contributed by atoms with E-state index in [0.29, 0.717) is 28.6 Å². The topological polar surface area (TPSA) is 86.8 Å². The summed E-state index contributed by atoms with van der Waals surface area (Å²) in [7, 11) is -4.18. The highest BCUT2D eigenvalue weighted by Gasteiger charge is 2.34. The standard InChI is InChI=1S/C31H37Cl2N3O4S/c1-6-28(31(38)34-18-21(2)3)35(19-24-10-13-25(32)14-11-24)30(37)20-36(29-17-26(33)12-9-23(29)5)41(39,40)27-15-7-22(4)8-16-27/h7-17,21,28H,6,18-20H2,1-5H3,(H,34,38). The first-order valence-electron chi connectivity index (χ1n) is 13.5. The summed E-state index contributed by atoms with van der Waals surface area (Å²) in [6.45, 7) is 9.43. The van der Waals surface area contributed by atoms with Crippen molar-refractivity contribution >= 4 is 50.7 Å². The molecule has 0 heterocycles. The van der Waals surface area contributed by atoms with Gasteiger partial charge in [-0.1, -0.05) is 79.9 Å². The van der Waals surface area contributed by atoms with E-state index in [1.165, 1.54) is 23.1 Å². The van der Waals surface area contributed by atoms with E-state index in [0.717, 1.165) is 15.4 Å². The Labute approximate surface area is 253 Å². The maximum absolute atomic E-state index is 14.2. The van der Waals surface area contributed by atoms with Crippen LogP contribution in [0.25, 0.3) is 0 Å². The van der Waals surface area contributed by atoms with E-state index in [1.807, 2.05) is 27.7 Å². The second-order valence-electron chi connectivity index (χ2n) is 10.5. The maximum Gasteiger partial charge on any atom is 0.264 e. The average molecular weight is 619 g/mol. The van der Waals surface area contributed by atoms with Crippen LogP contribution in [0.1, 0.15) is 43.9 Å². The van der Waals surface area contributed by atoms with Gasteiger partial charge < -0.3 is 10.2 Å². The monoisotopic (exact) mass is 617 g/mol. The molecule has 41 heavy (non-hydrogen) atoms. The molecule has 0 spiro atoms. The molecule has 1 atom stereocenters. The van der Waals surface area contributed by atoms with Crippen LogP contribution >= 0.6 is 23.2 Å². The third kappa shape index (κ3) is 8.47. The van der Waals surface area contributed by atoms with Crippen LogP contribution in [0.5, 0.6) is 0 Å². The van der Waals surface area contributed by atoms with Crippen LogP contribution in [0, 0.1) is 19.8 Å². The normalized spacial score (nSPS) is 12.2. The lowest BCUT2D eigenvalue weighted by Gasteiger charge is -2.33. The summed E-state index contributed by atoms with van der Waals surface area (Å²) in [5.41, 5.74) is 2.57. The summed E-state index contributed by atoms with van der Waals surface area (Å²) in [5.74, 6) is -0.602. The number of rotatable bonds is 12. The number of hydrogen-bond donors (Lipinski definition) is 1. The van der Waals surface area contributed by atoms with E-state index in [1.54, 1.807) is 55.5 Å². The fourth-order valence-corrected chi connectivity index (χ4v) is 6.09. The van der Waals surface area contributed by atoms with Crippen LogP contribution in [-0.4, -0.2) is 44.3 Å². The highest BCUT2D eigenvalue weighted by molar-refractivity contribution is 7.92. The first-order valence-corrected chi connectivity index (χ1v) is 15.7. The Balaban J connectivity index is 2.08. The van der Waals surface area contributed by atoms with Crippen molar-refractivity contribution in [2.45, 2.75) is 58.5 Å². The molecule has 3 aromatic rings. The van der Waals surface area contributed by atoms with Crippen molar-refractivity contribution in [1.82, 2.24) is 10.2 Å². The van der Waals surface area contributed by atoms with E-state index in [-0.39, 0.29) is 29.0 Å². The van der Waals surface area contributed by atoms with E-state index in [9.17, 15) is 18.0 Å². The number of hydrogen-bond acceptors (Lipinski definition) is 4. The summed E-state index contributed by atoms with van der Waals surface area (Å²) in [6, 6.07) is 17.5. The second kappa shape index (κ2) is 14.2. The van der Waals surface area contributed by atoms with Gasteiger partial charge in [0.15, 0.2) is 0 Å². The minimum Gasteiger partial charge on any atom is -0.354 e. The Morgan fingerprint density at radius 3 is 2.10 bits per heavy atom. The van der Waals surface area contributed by atoms with E-state index >= 15 is 0 Å². The van der Waals surface area contributed by atoms with Crippen molar-refractivity contribution in [2.75, 3.05) is 17.4 Å². The summed E-state index contributed by atoms with van der Waals surface area (Å²) < 4.78 is 29.1. The van der Waals surface area contributed by atoms with Crippen molar-refractivity contribution in [3.8, 4) is 0 Å². The van der Waals surface area contributed by atoms with Crippen LogP contribution < -0.4 is 9.62 Å². The minimum absolute atomic E-state index is 0.0428. The van der Waals surface area contributed by atoms with Crippen LogP contribution in [0.2, 0.25) is 10.0 Å². The Morgan fingerprint density at radius 1 is 0.902 bits per heavy atom. The molecule has 220 valence electrons. The van der Waals surface area contributed by atoms with Crippen LogP contribution in [0.15, 0.2) is 71.6 Å². The summed E-state index contributed by atoms with van der Waals surface area (Å²) in [5, 5.41) is 3.80. The molecular weight excluding hydrogens is 581 g/mol. The first-order chi connectivity index (χ1) is 19.3. The van der Waals surface area contributed by atoms with Gasteiger partial charge in [-0.05, 0) is 73.7 Å². The number of halogens is 2. The van der Waals surface area contributed by atoms with Crippen molar-refractivity contribution in [3.63, 3.8) is 0 Å². The molecule has 0 radical (unpaired) electrons. The third-order valence-electron chi connectivity index (χ3n) is 6.66. The number of sulfonamides is 1. The molecule has 0 fully saturated rings. The quantitative estimate of drug-likeness (QED) is 0.255. The lowest BCUT2D eigenvalue weighted by Crippen LogP contribution is -2.52. The molecule has 1 N–H and O–H groups in total. The maximum atomic E-state index is 14.2. The number of anilines is 1. The molecule has 0 aliphatic carbocycles. The zero-order valence-corrected chi connectivity index (χ0v) is 26.4. The Hall–Kier alpha value is -3.07. The Kier molecular flexibility index (Phi) is 11.2. The number of nitrogens with zero attached hydrogens (tertiary/aromatic N) is 2. The molecule has 3 aromatic carbocycles. The first kappa shape index (κ1) is 32.4. The molecule has 7 nitrogen and oxygen atoms in total. The summed E-state index contributed by atoms with van der Waals surface area (Å²) in [6.07, 6.45) is 0.337. The smallest absolute Gasteiger partial charge is 0.264 e. The Bertz CT molecular complexity index is 1460. The van der Waals surface area contributed by atoms with E-state index in [4.69, 9.17) is 23.2 Å². The highest BCUT2D eigenvalue weighted by atomic mass is 35.5. The van der Waals surface area contributed by atoms with Crippen molar-refractivity contribution in [3.05, 3.63) is 93.5 Å². The molecule has 10 heteroatoms. The van der Waals surface area contributed by atoms with Gasteiger partial charge in [0.1, 0.15) is 12.6 Å². The van der Waals surface area contributed by atoms with Gasteiger partial charge in [-0.2, -0.15) is 0 Å². The minimum atomic E-state index is -4.18. The SMILES string of the molecule is CCC(C(=O)NCC(C)C)N(Cc1ccc(Cl)cc1)C(=O)CN(c1cc(Cl)ccc1C)S(=O)(=O)c1ccc(C)cc1. The molecule has 0 aliphatic rings. The van der Waals surface area contributed by atoms with Gasteiger partial charge >= 0.3 is 0 Å². The predicted molar refractivity (Wildman–Crippen MR) is 166 cm³/mol. The van der Waals surface area contributed by atoms with Gasteiger partial charge in [0.05, 0.1) is 10.6 Å². The molecule has 1 unspecified atom stereocenters. The number of carbonyl (C=O) groups excluding carboxylic acids is 2. The lowest BCUT2D eigenvalue weighted by atomic mass is 10.1. The predicted octanol–water partition coefficient (Wildman–Crippen LogP) is 6.39. The van der Waals surface area contributed by atoms with Gasteiger partial charge in [0, 0.05) is 23.1 Å². The largest absolute Gasteiger partial charge is 0.354 e. The molecule has 2 amide bonds. The molecule has 0 aliphatic heterocycles. The van der Waals surface area contributed by atoms with Gasteiger partial charge in [-0.15, -0.1) is 0 Å². The molecule has 0 bridgehead atoms. The fourth-order valence-electron chi connectivity index (χ4n) is 4.33. The van der Waals surface area contributed by atoms with Crippen molar-refractivity contribution in [2.24, 2.45) is 5.92 Å². The molecule has 0 saturated carbocycles. The molecule has 0 saturated heterocycles. The molecular formula is C31H37Cl2N3O4S. The second-order valence-corrected chi connectivity index (χ2v) is 13.2. The van der Waals surface area contributed by atoms with Crippen molar-refractivity contribution in [1.29, 1.82) is 0 Å². The van der Waals surface area contributed by atoms with Gasteiger partial charge in [-0.3, -0.25) is 13.9 Å². The van der Waals surface area contributed by atoms with Gasteiger partial charge in [0.2, 0.25) is 11.8 Å². The van der Waals surface area contributed by atoms with Crippen LogP contribution in [0.3, 0.4) is 0 Å². The van der Waals surface area contributed by atoms with Crippen molar-refractivity contribution < 1.29 is 18.0 Å². The number of amides is 2.